The third-order valence-corrected chi connectivity index (χ3v) is 2.51. The van der Waals surface area contributed by atoms with Crippen molar-refractivity contribution in [2.24, 2.45) is 10.7 Å². The second-order valence-electron chi connectivity index (χ2n) is 3.90. The summed E-state index contributed by atoms with van der Waals surface area (Å²) in [6.07, 6.45) is 0.584. The van der Waals surface area contributed by atoms with Crippen molar-refractivity contribution in [1.29, 1.82) is 0 Å². The first-order valence-electron chi connectivity index (χ1n) is 4.74. The molecular formula is C11H13FN2. The van der Waals surface area contributed by atoms with E-state index in [-0.39, 0.29) is 5.82 Å². The van der Waals surface area contributed by atoms with Gasteiger partial charge in [0, 0.05) is 6.42 Å². The van der Waals surface area contributed by atoms with E-state index in [1.165, 1.54) is 6.07 Å². The Kier molecular flexibility index (Phi) is 2.02. The molecule has 2 N–H and O–H groups in total. The number of hydrogen-bond acceptors (Lipinski definition) is 2. The van der Waals surface area contributed by atoms with Crippen molar-refractivity contribution in [2.75, 3.05) is 0 Å². The highest BCUT2D eigenvalue weighted by Crippen LogP contribution is 2.34. The first-order valence-corrected chi connectivity index (χ1v) is 4.74. The molecule has 0 aromatic heterocycles. The van der Waals surface area contributed by atoms with Crippen molar-refractivity contribution >= 4 is 11.5 Å². The zero-order valence-electron chi connectivity index (χ0n) is 8.34. The molecular weight excluding hydrogens is 179 g/mol. The largest absolute Gasteiger partial charge is 0.387 e. The standard InChI is InChI=1S/C11H13FN2/c1-6(2)7-3-4-9(12)11-8(7)5-10(13)14-11/h3-4,6H,5H2,1-2H3,(H2,13,14). The molecule has 2 rings (SSSR count). The van der Waals surface area contributed by atoms with Gasteiger partial charge in [-0.3, -0.25) is 0 Å². The van der Waals surface area contributed by atoms with Gasteiger partial charge < -0.3 is 5.73 Å². The fourth-order valence-corrected chi connectivity index (χ4v) is 1.84. The van der Waals surface area contributed by atoms with Crippen LogP contribution in [0.15, 0.2) is 17.1 Å². The van der Waals surface area contributed by atoms with E-state index in [2.05, 4.69) is 18.8 Å². The highest BCUT2D eigenvalue weighted by Gasteiger charge is 2.20. The third kappa shape index (κ3) is 1.29. The Hall–Kier alpha value is -1.38. The molecule has 3 heteroatoms. The molecule has 2 nitrogen and oxygen atoms in total. The first kappa shape index (κ1) is 9.19. The zero-order chi connectivity index (χ0) is 10.3. The predicted molar refractivity (Wildman–Crippen MR) is 55.5 cm³/mol. The minimum Gasteiger partial charge on any atom is -0.387 e. The minimum atomic E-state index is -0.273. The lowest BCUT2D eigenvalue weighted by Gasteiger charge is -2.10. The summed E-state index contributed by atoms with van der Waals surface area (Å²) >= 11 is 0. The number of fused-ring (bicyclic) bond motifs is 1. The summed E-state index contributed by atoms with van der Waals surface area (Å²) in [5.74, 6) is 0.613. The first-order chi connectivity index (χ1) is 6.59. The predicted octanol–water partition coefficient (Wildman–Crippen LogP) is 2.49. The molecule has 0 fully saturated rings. The van der Waals surface area contributed by atoms with E-state index in [1.54, 1.807) is 0 Å². The molecule has 0 radical (unpaired) electrons. The number of rotatable bonds is 1. The molecule has 0 saturated heterocycles. The molecule has 74 valence electrons. The molecule has 0 spiro atoms. The van der Waals surface area contributed by atoms with Crippen LogP contribution in [0.25, 0.3) is 0 Å². The van der Waals surface area contributed by atoms with E-state index in [9.17, 15) is 4.39 Å². The second-order valence-corrected chi connectivity index (χ2v) is 3.90. The molecule has 0 amide bonds. The van der Waals surface area contributed by atoms with E-state index in [0.717, 1.165) is 11.1 Å². The molecule has 1 aromatic rings. The van der Waals surface area contributed by atoms with Gasteiger partial charge in [-0.25, -0.2) is 9.38 Å². The molecule has 1 heterocycles. The Morgan fingerprint density at radius 3 is 2.79 bits per heavy atom. The number of benzene rings is 1. The molecule has 0 unspecified atom stereocenters. The average Bonchev–Trinajstić information content (AvgIpc) is 2.47. The maximum Gasteiger partial charge on any atom is 0.149 e. The summed E-state index contributed by atoms with van der Waals surface area (Å²) in [5.41, 5.74) is 8.14. The van der Waals surface area contributed by atoms with Crippen molar-refractivity contribution in [3.8, 4) is 0 Å². The third-order valence-electron chi connectivity index (χ3n) is 2.51. The van der Waals surface area contributed by atoms with Gasteiger partial charge in [0.1, 0.15) is 17.3 Å². The molecule has 0 bridgehead atoms. The van der Waals surface area contributed by atoms with Crippen LogP contribution in [0.3, 0.4) is 0 Å². The maximum atomic E-state index is 13.3. The minimum absolute atomic E-state index is 0.273. The Morgan fingerprint density at radius 2 is 2.14 bits per heavy atom. The van der Waals surface area contributed by atoms with Gasteiger partial charge in [0.2, 0.25) is 0 Å². The number of hydrogen-bond donors (Lipinski definition) is 1. The number of nitrogens with zero attached hydrogens (tertiary/aromatic N) is 1. The summed E-state index contributed by atoms with van der Waals surface area (Å²) in [5, 5.41) is 0. The number of nitrogens with two attached hydrogens (primary N) is 1. The maximum absolute atomic E-state index is 13.3. The van der Waals surface area contributed by atoms with E-state index >= 15 is 0 Å². The second kappa shape index (κ2) is 3.08. The molecule has 0 aliphatic carbocycles. The van der Waals surface area contributed by atoms with Crippen LogP contribution in [0.2, 0.25) is 0 Å². The lowest BCUT2D eigenvalue weighted by Crippen LogP contribution is -2.11. The van der Waals surface area contributed by atoms with Crippen molar-refractivity contribution in [3.63, 3.8) is 0 Å². The van der Waals surface area contributed by atoms with E-state index < -0.39 is 0 Å². The van der Waals surface area contributed by atoms with Crippen LogP contribution in [0.1, 0.15) is 30.9 Å². The fraction of sp³-hybridized carbons (Fsp3) is 0.364. The van der Waals surface area contributed by atoms with Gasteiger partial charge in [-0.15, -0.1) is 0 Å². The van der Waals surface area contributed by atoms with Crippen molar-refractivity contribution < 1.29 is 4.39 Å². The van der Waals surface area contributed by atoms with Crippen molar-refractivity contribution in [2.45, 2.75) is 26.2 Å². The topological polar surface area (TPSA) is 38.4 Å². The summed E-state index contributed by atoms with van der Waals surface area (Å²) in [4.78, 5) is 4.01. The number of halogens is 1. The monoisotopic (exact) mass is 192 g/mol. The molecule has 1 aromatic carbocycles. The van der Waals surface area contributed by atoms with Crippen LogP contribution in [0.5, 0.6) is 0 Å². The molecule has 1 aliphatic rings. The van der Waals surface area contributed by atoms with Crippen LogP contribution < -0.4 is 5.73 Å². The Bertz CT molecular complexity index is 408. The quantitative estimate of drug-likeness (QED) is 0.729. The highest BCUT2D eigenvalue weighted by atomic mass is 19.1. The van der Waals surface area contributed by atoms with Gasteiger partial charge in [0.05, 0.1) is 0 Å². The van der Waals surface area contributed by atoms with Crippen LogP contribution in [0.4, 0.5) is 10.1 Å². The zero-order valence-corrected chi connectivity index (χ0v) is 8.34. The fourth-order valence-electron chi connectivity index (χ4n) is 1.84. The van der Waals surface area contributed by atoms with Crippen LogP contribution in [-0.4, -0.2) is 5.84 Å². The lowest BCUT2D eigenvalue weighted by atomic mass is 9.95. The summed E-state index contributed by atoms with van der Waals surface area (Å²) < 4.78 is 13.3. The highest BCUT2D eigenvalue weighted by molar-refractivity contribution is 5.91. The summed E-state index contributed by atoms with van der Waals surface area (Å²) in [6.45, 7) is 4.17. The number of aliphatic imine (C=N–C) groups is 1. The molecule has 0 saturated carbocycles. The van der Waals surface area contributed by atoms with E-state index in [4.69, 9.17) is 5.73 Å². The van der Waals surface area contributed by atoms with Gasteiger partial charge >= 0.3 is 0 Å². The summed E-state index contributed by atoms with van der Waals surface area (Å²) in [7, 11) is 0. The molecule has 1 aliphatic heterocycles. The van der Waals surface area contributed by atoms with Crippen molar-refractivity contribution in [1.82, 2.24) is 0 Å². The number of amidine groups is 1. The lowest BCUT2D eigenvalue weighted by molar-refractivity contribution is 0.628. The van der Waals surface area contributed by atoms with Gasteiger partial charge in [-0.05, 0) is 23.1 Å². The molecule has 0 atom stereocenters. The Morgan fingerprint density at radius 1 is 1.43 bits per heavy atom. The smallest absolute Gasteiger partial charge is 0.149 e. The van der Waals surface area contributed by atoms with Crippen molar-refractivity contribution in [3.05, 3.63) is 29.1 Å². The Balaban J connectivity index is 2.59. The van der Waals surface area contributed by atoms with E-state index in [0.29, 0.717) is 23.9 Å². The SMILES string of the molecule is CC(C)c1ccc(F)c2c1CC(N)=N2. The van der Waals surface area contributed by atoms with E-state index in [1.807, 2.05) is 6.07 Å². The van der Waals surface area contributed by atoms with Gasteiger partial charge in [0.15, 0.2) is 0 Å². The van der Waals surface area contributed by atoms with Crippen LogP contribution in [0, 0.1) is 5.82 Å². The van der Waals surface area contributed by atoms with Gasteiger partial charge in [-0.2, -0.15) is 0 Å². The van der Waals surface area contributed by atoms with Gasteiger partial charge in [0.25, 0.3) is 0 Å². The van der Waals surface area contributed by atoms with Gasteiger partial charge in [-0.1, -0.05) is 19.9 Å². The van der Waals surface area contributed by atoms with Crippen LogP contribution >= 0.6 is 0 Å². The average molecular weight is 192 g/mol. The summed E-state index contributed by atoms with van der Waals surface area (Å²) in [6, 6.07) is 3.29. The normalized spacial score (nSPS) is 14.4. The van der Waals surface area contributed by atoms with Crippen LogP contribution in [-0.2, 0) is 6.42 Å². The molecule has 14 heavy (non-hydrogen) atoms. The Labute approximate surface area is 82.7 Å².